The van der Waals surface area contributed by atoms with Crippen molar-refractivity contribution < 1.29 is 19.1 Å². The molecule has 3 aromatic rings. The Morgan fingerprint density at radius 2 is 1.57 bits per heavy atom. The SMILES string of the molecule is COc1ccc(CCN2C(=S)N(c3ccccc3)C(=O)[C@@H]2CC(=O)NCCc2ccccc2)cc1OC. The minimum absolute atomic E-state index is 0.0308. The number of carbonyl (C=O) groups is 2. The second-order valence-electron chi connectivity index (χ2n) is 8.73. The largest absolute Gasteiger partial charge is 0.493 e. The van der Waals surface area contributed by atoms with Crippen molar-refractivity contribution in [3.05, 3.63) is 90.0 Å². The van der Waals surface area contributed by atoms with Crippen LogP contribution in [-0.4, -0.2) is 55.2 Å². The Labute approximate surface area is 223 Å². The predicted octanol–water partition coefficient (Wildman–Crippen LogP) is 4.00. The lowest BCUT2D eigenvalue weighted by Crippen LogP contribution is -2.40. The molecule has 192 valence electrons. The van der Waals surface area contributed by atoms with Crippen molar-refractivity contribution in [2.24, 2.45) is 0 Å². The van der Waals surface area contributed by atoms with Crippen LogP contribution in [0, 0.1) is 0 Å². The maximum atomic E-state index is 13.5. The van der Waals surface area contributed by atoms with E-state index in [4.69, 9.17) is 21.7 Å². The number of rotatable bonds is 11. The third-order valence-electron chi connectivity index (χ3n) is 6.38. The van der Waals surface area contributed by atoms with Crippen molar-refractivity contribution >= 4 is 34.8 Å². The van der Waals surface area contributed by atoms with Gasteiger partial charge < -0.3 is 19.7 Å². The van der Waals surface area contributed by atoms with Gasteiger partial charge in [0.1, 0.15) is 6.04 Å². The Bertz CT molecular complexity index is 1240. The van der Waals surface area contributed by atoms with E-state index >= 15 is 0 Å². The minimum atomic E-state index is -0.676. The maximum Gasteiger partial charge on any atom is 0.256 e. The van der Waals surface area contributed by atoms with Crippen LogP contribution in [0.15, 0.2) is 78.9 Å². The summed E-state index contributed by atoms with van der Waals surface area (Å²) in [6, 6.07) is 24.3. The Kier molecular flexibility index (Phi) is 8.74. The second-order valence-corrected chi connectivity index (χ2v) is 9.10. The molecule has 0 aliphatic carbocycles. The van der Waals surface area contributed by atoms with Gasteiger partial charge in [-0.25, -0.2) is 0 Å². The van der Waals surface area contributed by atoms with Gasteiger partial charge in [-0.05, 0) is 60.5 Å². The Balaban J connectivity index is 1.47. The summed E-state index contributed by atoms with van der Waals surface area (Å²) in [4.78, 5) is 29.8. The molecule has 4 rings (SSSR count). The van der Waals surface area contributed by atoms with Gasteiger partial charge in [0.25, 0.3) is 5.91 Å². The first-order valence-electron chi connectivity index (χ1n) is 12.2. The summed E-state index contributed by atoms with van der Waals surface area (Å²) in [7, 11) is 3.19. The molecular weight excluding hydrogens is 486 g/mol. The first kappa shape index (κ1) is 26.2. The summed E-state index contributed by atoms with van der Waals surface area (Å²) in [5.74, 6) is 0.920. The highest BCUT2D eigenvalue weighted by Gasteiger charge is 2.43. The summed E-state index contributed by atoms with van der Waals surface area (Å²) in [5, 5.41) is 3.36. The fourth-order valence-electron chi connectivity index (χ4n) is 4.43. The molecule has 8 heteroatoms. The van der Waals surface area contributed by atoms with Crippen molar-refractivity contribution in [2.75, 3.05) is 32.2 Å². The fraction of sp³-hybridized carbons (Fsp3) is 0.276. The van der Waals surface area contributed by atoms with Gasteiger partial charge >= 0.3 is 0 Å². The van der Waals surface area contributed by atoms with Gasteiger partial charge in [0.2, 0.25) is 5.91 Å². The van der Waals surface area contributed by atoms with Gasteiger partial charge in [-0.3, -0.25) is 14.5 Å². The third kappa shape index (κ3) is 6.27. The molecule has 0 unspecified atom stereocenters. The van der Waals surface area contributed by atoms with E-state index in [0.29, 0.717) is 41.8 Å². The Morgan fingerprint density at radius 1 is 0.892 bits per heavy atom. The van der Waals surface area contributed by atoms with Crippen molar-refractivity contribution in [3.8, 4) is 11.5 Å². The summed E-state index contributed by atoms with van der Waals surface area (Å²) >= 11 is 5.76. The predicted molar refractivity (Wildman–Crippen MR) is 148 cm³/mol. The first-order valence-corrected chi connectivity index (χ1v) is 12.6. The molecule has 0 spiro atoms. The van der Waals surface area contributed by atoms with E-state index in [1.165, 1.54) is 4.90 Å². The number of ether oxygens (including phenoxy) is 2. The highest BCUT2D eigenvalue weighted by molar-refractivity contribution is 7.80. The van der Waals surface area contributed by atoms with Crippen LogP contribution < -0.4 is 19.7 Å². The number of hydrogen-bond donors (Lipinski definition) is 1. The van der Waals surface area contributed by atoms with Gasteiger partial charge in [0, 0.05) is 13.1 Å². The molecule has 0 saturated carbocycles. The monoisotopic (exact) mass is 517 g/mol. The van der Waals surface area contributed by atoms with Crippen molar-refractivity contribution in [2.45, 2.75) is 25.3 Å². The number of carbonyl (C=O) groups excluding carboxylic acids is 2. The highest BCUT2D eigenvalue weighted by atomic mass is 32.1. The van der Waals surface area contributed by atoms with Gasteiger partial charge in [0.15, 0.2) is 16.6 Å². The first-order chi connectivity index (χ1) is 18.0. The van der Waals surface area contributed by atoms with E-state index in [-0.39, 0.29) is 18.2 Å². The van der Waals surface area contributed by atoms with E-state index in [9.17, 15) is 9.59 Å². The topological polar surface area (TPSA) is 71.1 Å². The molecule has 3 aromatic carbocycles. The zero-order valence-corrected chi connectivity index (χ0v) is 21.9. The van der Waals surface area contributed by atoms with Crippen LogP contribution in [0.25, 0.3) is 0 Å². The number of nitrogens with zero attached hydrogens (tertiary/aromatic N) is 2. The molecule has 0 bridgehead atoms. The summed E-state index contributed by atoms with van der Waals surface area (Å²) in [6.45, 7) is 0.980. The van der Waals surface area contributed by atoms with Crippen LogP contribution in [0.2, 0.25) is 0 Å². The van der Waals surface area contributed by atoms with E-state index in [1.54, 1.807) is 14.2 Å². The Hall–Kier alpha value is -3.91. The second kappa shape index (κ2) is 12.4. The number of nitrogens with one attached hydrogen (secondary N) is 1. The number of anilines is 1. The molecule has 1 atom stereocenters. The van der Waals surface area contributed by atoms with Crippen LogP contribution >= 0.6 is 12.2 Å². The number of para-hydroxylation sites is 1. The van der Waals surface area contributed by atoms with Crippen LogP contribution in [0.5, 0.6) is 11.5 Å². The molecule has 1 N–H and O–H groups in total. The smallest absolute Gasteiger partial charge is 0.256 e. The van der Waals surface area contributed by atoms with E-state index in [0.717, 1.165) is 17.5 Å². The molecule has 1 aliphatic heterocycles. The highest BCUT2D eigenvalue weighted by Crippen LogP contribution is 2.30. The fourth-order valence-corrected chi connectivity index (χ4v) is 4.84. The molecule has 7 nitrogen and oxygen atoms in total. The Morgan fingerprint density at radius 3 is 2.24 bits per heavy atom. The lowest BCUT2D eigenvalue weighted by molar-refractivity contribution is -0.127. The van der Waals surface area contributed by atoms with Crippen LogP contribution in [-0.2, 0) is 22.4 Å². The van der Waals surface area contributed by atoms with Crippen LogP contribution in [0.4, 0.5) is 5.69 Å². The molecule has 37 heavy (non-hydrogen) atoms. The zero-order chi connectivity index (χ0) is 26.2. The normalized spacial score (nSPS) is 15.1. The molecule has 0 radical (unpaired) electrons. The van der Waals surface area contributed by atoms with Crippen molar-refractivity contribution in [3.63, 3.8) is 0 Å². The molecular formula is C29H31N3O4S. The average Bonchev–Trinajstić information content (AvgIpc) is 3.16. The molecule has 1 aliphatic rings. The summed E-state index contributed by atoms with van der Waals surface area (Å²) in [6.07, 6.45) is 1.37. The quantitative estimate of drug-likeness (QED) is 0.388. The third-order valence-corrected chi connectivity index (χ3v) is 6.80. The number of hydrogen-bond acceptors (Lipinski definition) is 5. The zero-order valence-electron chi connectivity index (χ0n) is 21.1. The van der Waals surface area contributed by atoms with Crippen LogP contribution in [0.3, 0.4) is 0 Å². The molecule has 1 fully saturated rings. The van der Waals surface area contributed by atoms with Crippen molar-refractivity contribution in [1.82, 2.24) is 10.2 Å². The van der Waals surface area contributed by atoms with Crippen molar-refractivity contribution in [1.29, 1.82) is 0 Å². The summed E-state index contributed by atoms with van der Waals surface area (Å²) in [5.41, 5.74) is 2.85. The summed E-state index contributed by atoms with van der Waals surface area (Å²) < 4.78 is 10.8. The number of amides is 2. The standard InChI is InChI=1S/C29H31N3O4S/c1-35-25-14-13-22(19-26(25)36-2)16-18-31-24(20-27(33)30-17-15-21-9-5-3-6-10-21)28(34)32(29(31)37)23-11-7-4-8-12-23/h3-14,19,24H,15-18,20H2,1-2H3,(H,30,33)/t24-/m0/s1. The molecule has 1 heterocycles. The van der Waals surface area contributed by atoms with Gasteiger partial charge in [0.05, 0.1) is 26.3 Å². The van der Waals surface area contributed by atoms with Crippen LogP contribution in [0.1, 0.15) is 17.5 Å². The van der Waals surface area contributed by atoms with E-state index < -0.39 is 6.04 Å². The van der Waals surface area contributed by atoms with Gasteiger partial charge in [-0.2, -0.15) is 0 Å². The molecule has 1 saturated heterocycles. The van der Waals surface area contributed by atoms with E-state index in [2.05, 4.69) is 5.32 Å². The number of benzene rings is 3. The lowest BCUT2D eigenvalue weighted by atomic mass is 10.1. The minimum Gasteiger partial charge on any atom is -0.493 e. The molecule has 0 aromatic heterocycles. The maximum absolute atomic E-state index is 13.5. The van der Waals surface area contributed by atoms with E-state index in [1.807, 2.05) is 83.8 Å². The number of methoxy groups -OCH3 is 2. The number of thiocarbonyl (C=S) groups is 1. The lowest BCUT2D eigenvalue weighted by Gasteiger charge is -2.24. The van der Waals surface area contributed by atoms with Gasteiger partial charge in [-0.1, -0.05) is 54.6 Å². The molecule has 2 amide bonds. The average molecular weight is 518 g/mol. The van der Waals surface area contributed by atoms with Gasteiger partial charge in [-0.15, -0.1) is 0 Å².